The van der Waals surface area contributed by atoms with Crippen LogP contribution >= 0.6 is 0 Å². The van der Waals surface area contributed by atoms with Gasteiger partial charge in [-0.05, 0) is 18.2 Å². The van der Waals surface area contributed by atoms with Gasteiger partial charge in [0.25, 0.3) is 0 Å². The predicted molar refractivity (Wildman–Crippen MR) is 101 cm³/mol. The van der Waals surface area contributed by atoms with Crippen molar-refractivity contribution in [3.8, 4) is 29.4 Å². The largest absolute Gasteiger partial charge is 0.493 e. The molecule has 3 rings (SSSR count). The number of rotatable bonds is 6. The molecule has 2 aromatic rings. The Hall–Kier alpha value is -4.03. The van der Waals surface area contributed by atoms with Gasteiger partial charge in [-0.1, -0.05) is 24.8 Å². The number of carbonyl (C=O) groups excluding carboxylic acids is 1. The fourth-order valence-electron chi connectivity index (χ4n) is 2.80. The van der Waals surface area contributed by atoms with Crippen LogP contribution in [0.5, 0.6) is 17.2 Å². The molecule has 0 radical (unpaired) electrons. The minimum atomic E-state index is -0.467. The van der Waals surface area contributed by atoms with Crippen LogP contribution in [0.4, 0.5) is 0 Å². The number of hydrogen-bond donors (Lipinski definition) is 0. The molecule has 2 aromatic carbocycles. The zero-order valence-corrected chi connectivity index (χ0v) is 15.0. The summed E-state index contributed by atoms with van der Waals surface area (Å²) in [7, 11) is 0. The van der Waals surface area contributed by atoms with Crippen molar-refractivity contribution in [1.29, 1.82) is 10.5 Å². The van der Waals surface area contributed by atoms with Crippen LogP contribution in [0, 0.1) is 22.7 Å². The number of fused-ring (bicyclic) bond motifs is 2. The number of carbonyl (C=O) groups is 1. The molecule has 138 valence electrons. The molecule has 1 aliphatic rings. The van der Waals surface area contributed by atoms with Gasteiger partial charge in [0, 0.05) is 35.3 Å². The van der Waals surface area contributed by atoms with Crippen molar-refractivity contribution in [3.63, 3.8) is 0 Å². The number of allylic oxidation sites excluding steroid dienone is 1. The number of ether oxygens (including phenoxy) is 3. The van der Waals surface area contributed by atoms with Crippen LogP contribution in [0.1, 0.15) is 17.5 Å². The van der Waals surface area contributed by atoms with Crippen molar-refractivity contribution >= 4 is 11.5 Å². The van der Waals surface area contributed by atoms with Gasteiger partial charge in [0.1, 0.15) is 35.0 Å². The standard InChI is InChI=1S/C22H16N2O4/c1-2-21(25)27-11-5-10-26-16-8-9-18-20(12-16)28-19-7-4-3-6-17(19)22(18)15(13-23)14-24/h2-4,6-9,12H,1,5,10-11H2. The number of benzene rings is 2. The fraction of sp³-hybridized carbons (Fsp3) is 0.136. The molecule has 0 spiro atoms. The van der Waals surface area contributed by atoms with E-state index < -0.39 is 5.97 Å². The maximum Gasteiger partial charge on any atom is 0.330 e. The van der Waals surface area contributed by atoms with Crippen LogP contribution in [0.25, 0.3) is 5.57 Å². The molecule has 6 nitrogen and oxygen atoms in total. The summed E-state index contributed by atoms with van der Waals surface area (Å²) in [5, 5.41) is 18.7. The molecule has 0 bridgehead atoms. The molecule has 6 heteroatoms. The number of hydrogen-bond acceptors (Lipinski definition) is 6. The molecule has 0 saturated carbocycles. The SMILES string of the molecule is C=CC(=O)OCCCOc1ccc2c(c1)Oc1ccccc1C2=C(C#N)C#N. The summed E-state index contributed by atoms with van der Waals surface area (Å²) in [5.74, 6) is 1.18. The van der Waals surface area contributed by atoms with Crippen molar-refractivity contribution in [2.45, 2.75) is 6.42 Å². The molecule has 0 aromatic heterocycles. The fourth-order valence-corrected chi connectivity index (χ4v) is 2.80. The number of nitrogens with zero attached hydrogens (tertiary/aromatic N) is 2. The van der Waals surface area contributed by atoms with Gasteiger partial charge in [0.15, 0.2) is 0 Å². The lowest BCUT2D eigenvalue weighted by molar-refractivity contribution is -0.137. The molecule has 1 heterocycles. The first-order chi connectivity index (χ1) is 13.7. The van der Waals surface area contributed by atoms with E-state index in [1.807, 2.05) is 30.3 Å². The van der Waals surface area contributed by atoms with Crippen molar-refractivity contribution < 1.29 is 19.0 Å². The van der Waals surface area contributed by atoms with E-state index in [2.05, 4.69) is 6.58 Å². The summed E-state index contributed by atoms with van der Waals surface area (Å²) in [6.45, 7) is 3.92. The highest BCUT2D eigenvalue weighted by Crippen LogP contribution is 2.45. The van der Waals surface area contributed by atoms with Crippen molar-refractivity contribution in [3.05, 3.63) is 71.8 Å². The molecule has 0 unspecified atom stereocenters. The van der Waals surface area contributed by atoms with Gasteiger partial charge in [0.05, 0.1) is 13.2 Å². The molecule has 0 amide bonds. The van der Waals surface area contributed by atoms with Gasteiger partial charge in [-0.3, -0.25) is 0 Å². The van der Waals surface area contributed by atoms with Gasteiger partial charge < -0.3 is 14.2 Å². The number of para-hydroxylation sites is 1. The molecule has 0 aliphatic carbocycles. The zero-order valence-electron chi connectivity index (χ0n) is 15.0. The second-order valence-corrected chi connectivity index (χ2v) is 5.80. The molecule has 0 atom stereocenters. The average Bonchev–Trinajstić information content (AvgIpc) is 2.73. The van der Waals surface area contributed by atoms with Gasteiger partial charge in [-0.2, -0.15) is 10.5 Å². The molecule has 28 heavy (non-hydrogen) atoms. The van der Waals surface area contributed by atoms with E-state index in [9.17, 15) is 15.3 Å². The summed E-state index contributed by atoms with van der Waals surface area (Å²) in [4.78, 5) is 11.0. The Labute approximate surface area is 162 Å². The van der Waals surface area contributed by atoms with Crippen molar-refractivity contribution in [2.24, 2.45) is 0 Å². The highest BCUT2D eigenvalue weighted by Gasteiger charge is 2.25. The smallest absolute Gasteiger partial charge is 0.330 e. The molecular weight excluding hydrogens is 356 g/mol. The highest BCUT2D eigenvalue weighted by atomic mass is 16.5. The Morgan fingerprint density at radius 2 is 1.82 bits per heavy atom. The summed E-state index contributed by atoms with van der Waals surface area (Å²) < 4.78 is 16.5. The number of esters is 1. The first-order valence-electron chi connectivity index (χ1n) is 8.56. The maximum atomic E-state index is 11.0. The van der Waals surface area contributed by atoms with Crippen LogP contribution in [0.3, 0.4) is 0 Å². The third kappa shape index (κ3) is 3.87. The van der Waals surface area contributed by atoms with Gasteiger partial charge in [-0.25, -0.2) is 4.79 Å². The van der Waals surface area contributed by atoms with Crippen LogP contribution in [0.15, 0.2) is 60.7 Å². The molecule has 0 N–H and O–H groups in total. The monoisotopic (exact) mass is 372 g/mol. The normalized spacial score (nSPS) is 11.0. The Kier molecular flexibility index (Phi) is 5.74. The van der Waals surface area contributed by atoms with E-state index in [1.165, 1.54) is 0 Å². The highest BCUT2D eigenvalue weighted by molar-refractivity contribution is 5.93. The van der Waals surface area contributed by atoms with Gasteiger partial charge >= 0.3 is 5.97 Å². The second-order valence-electron chi connectivity index (χ2n) is 5.80. The average molecular weight is 372 g/mol. The molecule has 1 aliphatic heterocycles. The molecular formula is C22H16N2O4. The quantitative estimate of drug-likeness (QED) is 0.279. The van der Waals surface area contributed by atoms with Crippen LogP contribution < -0.4 is 9.47 Å². The van der Waals surface area contributed by atoms with Crippen LogP contribution in [-0.2, 0) is 9.53 Å². The van der Waals surface area contributed by atoms with Crippen molar-refractivity contribution in [2.75, 3.05) is 13.2 Å². The Morgan fingerprint density at radius 1 is 1.07 bits per heavy atom. The van der Waals surface area contributed by atoms with E-state index in [-0.39, 0.29) is 12.2 Å². The molecule has 0 fully saturated rings. The predicted octanol–water partition coefficient (Wildman–Crippen LogP) is 4.14. The van der Waals surface area contributed by atoms with Gasteiger partial charge in [0.2, 0.25) is 0 Å². The van der Waals surface area contributed by atoms with Gasteiger partial charge in [-0.15, -0.1) is 0 Å². The van der Waals surface area contributed by atoms with E-state index in [4.69, 9.17) is 14.2 Å². The first-order valence-corrected chi connectivity index (χ1v) is 8.56. The minimum absolute atomic E-state index is 0.0229. The zero-order chi connectivity index (χ0) is 19.9. The lowest BCUT2D eigenvalue weighted by Gasteiger charge is -2.23. The summed E-state index contributed by atoms with van der Waals surface area (Å²) in [6.07, 6.45) is 1.64. The van der Waals surface area contributed by atoms with E-state index in [1.54, 1.807) is 24.3 Å². The maximum absolute atomic E-state index is 11.0. The van der Waals surface area contributed by atoms with E-state index in [0.717, 1.165) is 6.08 Å². The third-order valence-electron chi connectivity index (χ3n) is 4.04. The summed E-state index contributed by atoms with van der Waals surface area (Å²) >= 11 is 0. The molecule has 0 saturated heterocycles. The summed E-state index contributed by atoms with van der Waals surface area (Å²) in [5.41, 5.74) is 1.93. The van der Waals surface area contributed by atoms with E-state index >= 15 is 0 Å². The second kappa shape index (κ2) is 8.57. The Balaban J connectivity index is 1.82. The minimum Gasteiger partial charge on any atom is -0.493 e. The lowest BCUT2D eigenvalue weighted by atomic mass is 9.90. The van der Waals surface area contributed by atoms with Crippen LogP contribution in [0.2, 0.25) is 0 Å². The van der Waals surface area contributed by atoms with Crippen molar-refractivity contribution in [1.82, 2.24) is 0 Å². The summed E-state index contributed by atoms with van der Waals surface area (Å²) in [6, 6.07) is 16.4. The van der Waals surface area contributed by atoms with Crippen LogP contribution in [-0.4, -0.2) is 19.2 Å². The Bertz CT molecular complexity index is 1030. The Morgan fingerprint density at radius 3 is 2.57 bits per heavy atom. The topological polar surface area (TPSA) is 92.3 Å². The number of nitriles is 2. The first kappa shape index (κ1) is 18.8. The van der Waals surface area contributed by atoms with E-state index in [0.29, 0.717) is 47.0 Å². The lowest BCUT2D eigenvalue weighted by Crippen LogP contribution is -2.07. The third-order valence-corrected chi connectivity index (χ3v) is 4.04.